The van der Waals surface area contributed by atoms with Gasteiger partial charge >= 0.3 is 5.97 Å². The molecule has 2 aromatic rings. The van der Waals surface area contributed by atoms with E-state index in [-0.39, 0.29) is 6.04 Å². The van der Waals surface area contributed by atoms with E-state index in [1.54, 1.807) is 0 Å². The molecule has 0 saturated heterocycles. The zero-order chi connectivity index (χ0) is 13.1. The molecule has 2 rings (SSSR count). The van der Waals surface area contributed by atoms with Crippen LogP contribution in [0.3, 0.4) is 0 Å². The summed E-state index contributed by atoms with van der Waals surface area (Å²) in [7, 11) is 0. The van der Waals surface area contributed by atoms with Crippen molar-refractivity contribution < 1.29 is 9.90 Å². The highest BCUT2D eigenvalue weighted by atomic mass is 16.4. The fraction of sp³-hybridized carbons (Fsp3) is 0.357. The second-order valence-corrected chi connectivity index (χ2v) is 4.80. The van der Waals surface area contributed by atoms with Crippen molar-refractivity contribution in [1.29, 1.82) is 0 Å². The third kappa shape index (κ3) is 2.90. The number of para-hydroxylation sites is 1. The van der Waals surface area contributed by atoms with E-state index in [0.717, 1.165) is 16.6 Å². The summed E-state index contributed by atoms with van der Waals surface area (Å²) in [6.07, 6.45) is 0.461. The third-order valence-corrected chi connectivity index (χ3v) is 2.84. The van der Waals surface area contributed by atoms with Crippen molar-refractivity contribution in [1.82, 2.24) is 10.3 Å². The van der Waals surface area contributed by atoms with Crippen LogP contribution in [0.2, 0.25) is 0 Å². The maximum atomic E-state index is 11.2. The first-order valence-electron chi connectivity index (χ1n) is 6.11. The molecule has 1 unspecified atom stereocenters. The summed E-state index contributed by atoms with van der Waals surface area (Å²) in [5.74, 6) is -0.817. The first-order valence-corrected chi connectivity index (χ1v) is 6.11. The minimum atomic E-state index is -0.817. The Kier molecular flexibility index (Phi) is 3.67. The van der Waals surface area contributed by atoms with E-state index in [9.17, 15) is 9.90 Å². The average molecular weight is 246 g/mol. The van der Waals surface area contributed by atoms with Crippen molar-refractivity contribution in [3.05, 3.63) is 36.0 Å². The molecule has 0 radical (unpaired) electrons. The number of carboxylic acids is 1. The second kappa shape index (κ2) is 5.23. The molecule has 0 saturated carbocycles. The van der Waals surface area contributed by atoms with Crippen LogP contribution in [-0.2, 0) is 11.2 Å². The van der Waals surface area contributed by atoms with Crippen molar-refractivity contribution in [3.8, 4) is 0 Å². The molecule has 0 bridgehead atoms. The summed E-state index contributed by atoms with van der Waals surface area (Å²) < 4.78 is 0. The van der Waals surface area contributed by atoms with Gasteiger partial charge in [-0.25, -0.2) is 0 Å². The van der Waals surface area contributed by atoms with Crippen LogP contribution in [0.1, 0.15) is 19.5 Å². The predicted molar refractivity (Wildman–Crippen MR) is 71.7 cm³/mol. The topological polar surface area (TPSA) is 65.1 Å². The maximum absolute atomic E-state index is 11.2. The Morgan fingerprint density at radius 2 is 2.11 bits per heavy atom. The number of H-pyrrole nitrogens is 1. The molecular weight excluding hydrogens is 228 g/mol. The summed E-state index contributed by atoms with van der Waals surface area (Å²) >= 11 is 0. The number of hydrogen-bond donors (Lipinski definition) is 3. The first kappa shape index (κ1) is 12.6. The van der Waals surface area contributed by atoms with Crippen LogP contribution < -0.4 is 5.32 Å². The summed E-state index contributed by atoms with van der Waals surface area (Å²) in [4.78, 5) is 14.4. The van der Waals surface area contributed by atoms with Crippen LogP contribution in [0.4, 0.5) is 0 Å². The van der Waals surface area contributed by atoms with Crippen molar-refractivity contribution in [2.45, 2.75) is 32.4 Å². The molecule has 18 heavy (non-hydrogen) atoms. The Bertz CT molecular complexity index is 512. The molecule has 1 heterocycles. The van der Waals surface area contributed by atoms with Crippen LogP contribution in [0.15, 0.2) is 30.3 Å². The maximum Gasteiger partial charge on any atom is 0.321 e. The molecule has 0 aliphatic carbocycles. The Morgan fingerprint density at radius 3 is 2.72 bits per heavy atom. The smallest absolute Gasteiger partial charge is 0.321 e. The predicted octanol–water partition coefficient (Wildman–Crippen LogP) is 2.16. The van der Waals surface area contributed by atoms with Crippen LogP contribution >= 0.6 is 0 Å². The van der Waals surface area contributed by atoms with Crippen molar-refractivity contribution >= 4 is 16.9 Å². The molecule has 0 amide bonds. The minimum Gasteiger partial charge on any atom is -0.480 e. The largest absolute Gasteiger partial charge is 0.480 e. The van der Waals surface area contributed by atoms with Gasteiger partial charge in [0.05, 0.1) is 0 Å². The molecule has 3 N–H and O–H groups in total. The van der Waals surface area contributed by atoms with Crippen LogP contribution in [0.25, 0.3) is 10.9 Å². The van der Waals surface area contributed by atoms with E-state index in [0.29, 0.717) is 6.42 Å². The van der Waals surface area contributed by atoms with Crippen molar-refractivity contribution in [2.75, 3.05) is 0 Å². The average Bonchev–Trinajstić information content (AvgIpc) is 2.69. The Hall–Kier alpha value is -1.81. The lowest BCUT2D eigenvalue weighted by molar-refractivity contribution is -0.139. The van der Waals surface area contributed by atoms with E-state index in [1.807, 2.05) is 44.2 Å². The lowest BCUT2D eigenvalue weighted by Crippen LogP contribution is -2.42. The van der Waals surface area contributed by atoms with Gasteiger partial charge in [-0.05, 0) is 17.5 Å². The number of carboxylic acid groups (broad SMARTS) is 1. The number of aromatic nitrogens is 1. The quantitative estimate of drug-likeness (QED) is 0.757. The second-order valence-electron chi connectivity index (χ2n) is 4.80. The SMILES string of the molecule is CC(C)NC(Cc1cc2ccccc2[nH]1)C(=O)O. The molecule has 0 aliphatic heterocycles. The zero-order valence-corrected chi connectivity index (χ0v) is 10.6. The first-order chi connectivity index (χ1) is 8.56. The van der Waals surface area contributed by atoms with Crippen LogP contribution in [0, 0.1) is 0 Å². The van der Waals surface area contributed by atoms with Gasteiger partial charge in [0.25, 0.3) is 0 Å². The van der Waals surface area contributed by atoms with Crippen molar-refractivity contribution in [3.63, 3.8) is 0 Å². The number of nitrogens with one attached hydrogen (secondary N) is 2. The van der Waals surface area contributed by atoms with E-state index < -0.39 is 12.0 Å². The Labute approximate surface area is 106 Å². The molecule has 1 aromatic carbocycles. The van der Waals surface area contributed by atoms with Gasteiger partial charge in [0.1, 0.15) is 6.04 Å². The van der Waals surface area contributed by atoms with Crippen molar-refractivity contribution in [2.24, 2.45) is 0 Å². The van der Waals surface area contributed by atoms with Crippen LogP contribution in [0.5, 0.6) is 0 Å². The fourth-order valence-corrected chi connectivity index (χ4v) is 2.08. The number of fused-ring (bicyclic) bond motifs is 1. The highest BCUT2D eigenvalue weighted by molar-refractivity contribution is 5.80. The van der Waals surface area contributed by atoms with Gasteiger partial charge in [0.2, 0.25) is 0 Å². The van der Waals surface area contributed by atoms with Gasteiger partial charge in [-0.3, -0.25) is 4.79 Å². The van der Waals surface area contributed by atoms with Gasteiger partial charge in [-0.1, -0.05) is 32.0 Å². The molecule has 1 atom stereocenters. The Balaban J connectivity index is 2.17. The van der Waals surface area contributed by atoms with Crippen LogP contribution in [-0.4, -0.2) is 28.1 Å². The molecule has 0 aliphatic rings. The minimum absolute atomic E-state index is 0.149. The van der Waals surface area contributed by atoms with Gasteiger partial charge in [-0.15, -0.1) is 0 Å². The monoisotopic (exact) mass is 246 g/mol. The standard InChI is InChI=1S/C14H18N2O2/c1-9(2)15-13(14(17)18)8-11-7-10-5-3-4-6-12(10)16-11/h3-7,9,13,15-16H,8H2,1-2H3,(H,17,18). The number of aromatic amines is 1. The normalized spacial score (nSPS) is 13.1. The number of hydrogen-bond acceptors (Lipinski definition) is 2. The third-order valence-electron chi connectivity index (χ3n) is 2.84. The lowest BCUT2D eigenvalue weighted by atomic mass is 10.1. The molecule has 96 valence electrons. The Morgan fingerprint density at radius 1 is 1.39 bits per heavy atom. The molecule has 0 spiro atoms. The highest BCUT2D eigenvalue weighted by Crippen LogP contribution is 2.15. The molecule has 4 nitrogen and oxygen atoms in total. The molecule has 4 heteroatoms. The van der Waals surface area contributed by atoms with Gasteiger partial charge in [-0.2, -0.15) is 0 Å². The molecule has 0 fully saturated rings. The lowest BCUT2D eigenvalue weighted by Gasteiger charge is -2.16. The van der Waals surface area contributed by atoms with E-state index in [1.165, 1.54) is 0 Å². The number of benzene rings is 1. The van der Waals surface area contributed by atoms with E-state index in [2.05, 4.69) is 10.3 Å². The zero-order valence-electron chi connectivity index (χ0n) is 10.6. The summed E-state index contributed by atoms with van der Waals surface area (Å²) in [5.41, 5.74) is 1.98. The van der Waals surface area contributed by atoms with Gasteiger partial charge in [0.15, 0.2) is 0 Å². The summed E-state index contributed by atoms with van der Waals surface area (Å²) in [6, 6.07) is 9.54. The molecule has 1 aromatic heterocycles. The number of rotatable bonds is 5. The number of aliphatic carboxylic acids is 1. The van der Waals surface area contributed by atoms with E-state index in [4.69, 9.17) is 0 Å². The van der Waals surface area contributed by atoms with E-state index >= 15 is 0 Å². The molecular formula is C14H18N2O2. The number of carbonyl (C=O) groups is 1. The van der Waals surface area contributed by atoms with Gasteiger partial charge in [0, 0.05) is 23.7 Å². The summed E-state index contributed by atoms with van der Waals surface area (Å²) in [5, 5.41) is 13.3. The highest BCUT2D eigenvalue weighted by Gasteiger charge is 2.19. The van der Waals surface area contributed by atoms with Gasteiger partial charge < -0.3 is 15.4 Å². The fourth-order valence-electron chi connectivity index (χ4n) is 2.08. The summed E-state index contributed by atoms with van der Waals surface area (Å²) in [6.45, 7) is 3.89.